The van der Waals surface area contributed by atoms with Gasteiger partial charge in [0, 0.05) is 28.9 Å². The fourth-order valence-electron chi connectivity index (χ4n) is 3.38. The zero-order chi connectivity index (χ0) is 24.8. The van der Waals surface area contributed by atoms with Crippen LogP contribution in [0.2, 0.25) is 0 Å². The Morgan fingerprint density at radius 1 is 1.09 bits per heavy atom. The van der Waals surface area contributed by atoms with Gasteiger partial charge < -0.3 is 11.2 Å². The van der Waals surface area contributed by atoms with E-state index in [0.29, 0.717) is 35.0 Å². The van der Waals surface area contributed by atoms with E-state index in [0.717, 1.165) is 17.4 Å². The number of nitrogens with one attached hydrogen (secondary N) is 2. The molecule has 0 fully saturated rings. The maximum absolute atomic E-state index is 11.5. The van der Waals surface area contributed by atoms with Crippen molar-refractivity contribution >= 4 is 29.4 Å². The first-order valence-corrected chi connectivity index (χ1v) is 11.0. The number of anilines is 2. The van der Waals surface area contributed by atoms with E-state index in [2.05, 4.69) is 59.2 Å². The fourth-order valence-corrected chi connectivity index (χ4v) is 3.38. The quantitative estimate of drug-likeness (QED) is 0.109. The van der Waals surface area contributed by atoms with Crippen LogP contribution in [0.3, 0.4) is 0 Å². The van der Waals surface area contributed by atoms with Crippen molar-refractivity contribution in [3.8, 4) is 0 Å². The molecule has 0 saturated heterocycles. The van der Waals surface area contributed by atoms with Crippen LogP contribution >= 0.6 is 0 Å². The molecule has 0 radical (unpaired) electrons. The molecule has 1 heterocycles. The number of hydrogen-bond acceptors (Lipinski definition) is 6. The number of aldehydes is 1. The summed E-state index contributed by atoms with van der Waals surface area (Å²) in [6, 6.07) is 13.8. The summed E-state index contributed by atoms with van der Waals surface area (Å²) in [6.07, 6.45) is 13.8. The Balaban J connectivity index is 0.000000379. The van der Waals surface area contributed by atoms with E-state index in [1.165, 1.54) is 11.8 Å². The number of carbonyl (C=O) groups is 1. The molecule has 34 heavy (non-hydrogen) atoms. The Morgan fingerprint density at radius 3 is 2.41 bits per heavy atom. The average molecular weight is 458 g/mol. The first kappa shape index (κ1) is 26.0. The molecule has 0 aliphatic carbocycles. The van der Waals surface area contributed by atoms with Gasteiger partial charge in [0.2, 0.25) is 0 Å². The lowest BCUT2D eigenvalue weighted by Gasteiger charge is -2.23. The minimum absolute atomic E-state index is 0.404. The van der Waals surface area contributed by atoms with E-state index in [4.69, 9.17) is 5.84 Å². The van der Waals surface area contributed by atoms with Crippen molar-refractivity contribution in [2.45, 2.75) is 26.7 Å². The summed E-state index contributed by atoms with van der Waals surface area (Å²) in [6.45, 7) is 6.88. The number of hydrogen-bond donors (Lipinski definition) is 3. The third kappa shape index (κ3) is 7.41. The van der Waals surface area contributed by atoms with Gasteiger partial charge in [0.05, 0.1) is 17.2 Å². The van der Waals surface area contributed by atoms with Crippen LogP contribution in [0, 0.1) is 4.91 Å². The number of rotatable bonds is 8. The highest BCUT2D eigenvalue weighted by Crippen LogP contribution is 2.35. The maximum Gasteiger partial charge on any atom is 0.150 e. The zero-order valence-corrected chi connectivity index (χ0v) is 19.7. The van der Waals surface area contributed by atoms with Crippen molar-refractivity contribution in [3.63, 3.8) is 0 Å². The third-order valence-electron chi connectivity index (χ3n) is 5.05. The molecule has 0 unspecified atom stereocenters. The van der Waals surface area contributed by atoms with Crippen molar-refractivity contribution in [3.05, 3.63) is 106 Å². The highest BCUT2D eigenvalue weighted by Gasteiger charge is 2.20. The molecule has 176 valence electrons. The predicted molar refractivity (Wildman–Crippen MR) is 143 cm³/mol. The first-order chi connectivity index (χ1) is 16.5. The van der Waals surface area contributed by atoms with Gasteiger partial charge in [0.1, 0.15) is 0 Å². The standard InChI is InChI=1S/C18H19N5O2.C9H12/c1-2-3-4-5-6-7-13-10-20-17-9-15(22-23-25)8-14(12-24)18(17)16(13)11-21-19;1-8(2)9-6-4-3-5-7-9/h2-9,11-12,20H,10,19H2,1H3,(H,22,25);3-8H,1-2H3/b3-2-,5-4-,7-6+,21-11-;. The predicted octanol–water partition coefficient (Wildman–Crippen LogP) is 6.21. The van der Waals surface area contributed by atoms with Crippen molar-refractivity contribution < 1.29 is 4.79 Å². The number of nitroso groups, excluding NO2 is 1. The molecule has 0 amide bonds. The van der Waals surface area contributed by atoms with Gasteiger partial charge in [0.25, 0.3) is 0 Å². The van der Waals surface area contributed by atoms with E-state index < -0.39 is 0 Å². The van der Waals surface area contributed by atoms with Gasteiger partial charge in [-0.2, -0.15) is 5.10 Å². The maximum atomic E-state index is 11.5. The van der Waals surface area contributed by atoms with Gasteiger partial charge in [-0.15, -0.1) is 4.91 Å². The Morgan fingerprint density at radius 2 is 1.82 bits per heavy atom. The minimum atomic E-state index is 0.404. The number of fused-ring (bicyclic) bond motifs is 1. The smallest absolute Gasteiger partial charge is 0.150 e. The summed E-state index contributed by atoms with van der Waals surface area (Å²) in [4.78, 5) is 21.9. The molecule has 1 aliphatic heterocycles. The van der Waals surface area contributed by atoms with E-state index >= 15 is 0 Å². The fraction of sp³-hybridized carbons (Fsp3) is 0.185. The Bertz CT molecular complexity index is 1110. The zero-order valence-electron chi connectivity index (χ0n) is 19.7. The van der Waals surface area contributed by atoms with Crippen LogP contribution in [0.1, 0.15) is 48.2 Å². The molecule has 0 saturated carbocycles. The van der Waals surface area contributed by atoms with E-state index in [9.17, 15) is 9.70 Å². The molecular formula is C27H31N5O2. The van der Waals surface area contributed by atoms with Gasteiger partial charge in [-0.1, -0.05) is 80.6 Å². The summed E-state index contributed by atoms with van der Waals surface area (Å²) in [7, 11) is 0. The summed E-state index contributed by atoms with van der Waals surface area (Å²) in [5, 5.41) is 9.50. The van der Waals surface area contributed by atoms with Crippen LogP contribution in [0.4, 0.5) is 11.4 Å². The molecule has 2 aromatic rings. The highest BCUT2D eigenvalue weighted by molar-refractivity contribution is 6.17. The van der Waals surface area contributed by atoms with Crippen LogP contribution in [-0.4, -0.2) is 19.0 Å². The lowest BCUT2D eigenvalue weighted by Crippen LogP contribution is -2.16. The number of nitrogens with two attached hydrogens (primary N) is 1. The molecule has 7 heteroatoms. The topological polar surface area (TPSA) is 109 Å². The van der Waals surface area contributed by atoms with Crippen LogP contribution < -0.4 is 16.6 Å². The highest BCUT2D eigenvalue weighted by atomic mass is 16.3. The van der Waals surface area contributed by atoms with Gasteiger partial charge in [-0.25, -0.2) is 5.43 Å². The normalized spacial score (nSPS) is 13.3. The van der Waals surface area contributed by atoms with Crippen molar-refractivity contribution in [1.82, 2.24) is 0 Å². The third-order valence-corrected chi connectivity index (χ3v) is 5.05. The van der Waals surface area contributed by atoms with E-state index in [1.54, 1.807) is 12.1 Å². The van der Waals surface area contributed by atoms with Gasteiger partial charge in [-0.05, 0) is 36.1 Å². The summed E-state index contributed by atoms with van der Waals surface area (Å²) < 4.78 is 0. The number of nitrogens with zero attached hydrogens (tertiary/aromatic N) is 2. The van der Waals surface area contributed by atoms with E-state index in [1.807, 2.05) is 49.4 Å². The first-order valence-electron chi connectivity index (χ1n) is 11.0. The van der Waals surface area contributed by atoms with Gasteiger partial charge in [-0.3, -0.25) is 4.79 Å². The average Bonchev–Trinajstić information content (AvgIpc) is 2.85. The van der Waals surface area contributed by atoms with Crippen LogP contribution in [0.15, 0.2) is 94.9 Å². The lowest BCUT2D eigenvalue weighted by atomic mass is 9.91. The minimum Gasteiger partial charge on any atom is -0.380 e. The Labute approximate surface area is 200 Å². The molecule has 0 atom stereocenters. The number of allylic oxidation sites excluding steroid dienone is 6. The van der Waals surface area contributed by atoms with Crippen molar-refractivity contribution in [2.24, 2.45) is 16.2 Å². The number of hydrazone groups is 1. The second-order valence-corrected chi connectivity index (χ2v) is 7.71. The van der Waals surface area contributed by atoms with Gasteiger partial charge >= 0.3 is 0 Å². The lowest BCUT2D eigenvalue weighted by molar-refractivity contribution is 0.112. The molecular weight excluding hydrogens is 426 g/mol. The largest absolute Gasteiger partial charge is 0.380 e. The second-order valence-electron chi connectivity index (χ2n) is 7.71. The molecule has 2 aromatic carbocycles. The molecule has 7 nitrogen and oxygen atoms in total. The Hall–Kier alpha value is -4.26. The van der Waals surface area contributed by atoms with Crippen LogP contribution in [0.25, 0.3) is 5.57 Å². The second kappa shape index (κ2) is 14.0. The summed E-state index contributed by atoms with van der Waals surface area (Å²) in [5.74, 6) is 6.01. The Kier molecular flexibility index (Phi) is 10.7. The summed E-state index contributed by atoms with van der Waals surface area (Å²) in [5.41, 5.74) is 7.63. The molecule has 0 spiro atoms. The van der Waals surface area contributed by atoms with E-state index in [-0.39, 0.29) is 0 Å². The molecule has 0 aromatic heterocycles. The number of carbonyl (C=O) groups excluding carboxylic acids is 1. The molecule has 1 aliphatic rings. The monoisotopic (exact) mass is 457 g/mol. The molecule has 0 bridgehead atoms. The number of benzene rings is 2. The van der Waals surface area contributed by atoms with Crippen molar-refractivity contribution in [1.29, 1.82) is 0 Å². The van der Waals surface area contributed by atoms with Crippen molar-refractivity contribution in [2.75, 3.05) is 17.3 Å². The molecule has 4 N–H and O–H groups in total. The molecule has 3 rings (SSSR count). The SMILES string of the molecule is CC(C)c1ccccc1.C\C=C/C=C\C=C\C1=C(\C=N/N)c2c(C=O)cc(NN=O)cc2NC1. The van der Waals surface area contributed by atoms with Crippen LogP contribution in [-0.2, 0) is 0 Å². The van der Waals surface area contributed by atoms with Crippen LogP contribution in [0.5, 0.6) is 0 Å². The van der Waals surface area contributed by atoms with Gasteiger partial charge in [0.15, 0.2) is 6.29 Å². The summed E-state index contributed by atoms with van der Waals surface area (Å²) >= 11 is 0.